The lowest BCUT2D eigenvalue weighted by Crippen LogP contribution is -2.08. The van der Waals surface area contributed by atoms with E-state index in [1.54, 1.807) is 0 Å². The van der Waals surface area contributed by atoms with E-state index in [2.05, 4.69) is 30.3 Å². The molecule has 0 bridgehead atoms. The molecule has 1 aliphatic carbocycles. The van der Waals surface area contributed by atoms with E-state index in [9.17, 15) is 0 Å². The summed E-state index contributed by atoms with van der Waals surface area (Å²) in [7, 11) is 0. The van der Waals surface area contributed by atoms with E-state index in [4.69, 9.17) is 0 Å². The van der Waals surface area contributed by atoms with Gasteiger partial charge < -0.3 is 0 Å². The van der Waals surface area contributed by atoms with Crippen LogP contribution in [0.3, 0.4) is 0 Å². The summed E-state index contributed by atoms with van der Waals surface area (Å²) >= 11 is 3.52. The van der Waals surface area contributed by atoms with Crippen molar-refractivity contribution in [1.29, 1.82) is 0 Å². The average Bonchev–Trinajstić information content (AvgIpc) is 2.69. The highest BCUT2D eigenvalue weighted by Gasteiger charge is 2.21. The molecule has 1 saturated carbocycles. The Labute approximate surface area is 103 Å². The van der Waals surface area contributed by atoms with Crippen LogP contribution in [0.15, 0.2) is 23.2 Å². The van der Waals surface area contributed by atoms with Crippen LogP contribution in [0.4, 0.5) is 0 Å². The Bertz CT molecular complexity index is 500. The minimum absolute atomic E-state index is 0.608. The Kier molecular flexibility index (Phi) is 2.67. The zero-order chi connectivity index (χ0) is 11.0. The van der Waals surface area contributed by atoms with Gasteiger partial charge in [0, 0.05) is 12.1 Å². The maximum Gasteiger partial charge on any atom is 0.132 e. The van der Waals surface area contributed by atoms with Gasteiger partial charge in [-0.3, -0.25) is 4.40 Å². The fourth-order valence-electron chi connectivity index (χ4n) is 2.57. The molecule has 0 atom stereocenters. The van der Waals surface area contributed by atoms with Gasteiger partial charge in [0.1, 0.15) is 16.8 Å². The van der Waals surface area contributed by atoms with Gasteiger partial charge in [-0.25, -0.2) is 9.97 Å². The minimum Gasteiger partial charge on any atom is -0.286 e. The van der Waals surface area contributed by atoms with Crippen LogP contribution < -0.4 is 0 Å². The van der Waals surface area contributed by atoms with E-state index in [1.165, 1.54) is 37.9 Å². The second kappa shape index (κ2) is 4.17. The van der Waals surface area contributed by atoms with Crippen molar-refractivity contribution in [1.82, 2.24) is 14.4 Å². The van der Waals surface area contributed by atoms with Gasteiger partial charge in [0.15, 0.2) is 0 Å². The Morgan fingerprint density at radius 2 is 2.06 bits per heavy atom. The molecule has 3 nitrogen and oxygen atoms in total. The molecule has 0 spiro atoms. The van der Waals surface area contributed by atoms with Gasteiger partial charge in [-0.15, -0.1) is 0 Å². The number of hydrogen-bond donors (Lipinski definition) is 0. The first-order valence-corrected chi connectivity index (χ1v) is 6.63. The van der Waals surface area contributed by atoms with Crippen molar-refractivity contribution in [2.24, 2.45) is 0 Å². The van der Waals surface area contributed by atoms with Crippen molar-refractivity contribution in [2.45, 2.75) is 38.0 Å². The van der Waals surface area contributed by atoms with Crippen LogP contribution >= 0.6 is 15.9 Å². The van der Waals surface area contributed by atoms with E-state index < -0.39 is 0 Å². The lowest BCUT2D eigenvalue weighted by atomic mass is 9.89. The molecule has 2 aromatic heterocycles. The van der Waals surface area contributed by atoms with Crippen LogP contribution in [0, 0.1) is 0 Å². The van der Waals surface area contributed by atoms with Crippen LogP contribution in [-0.2, 0) is 0 Å². The molecule has 2 heterocycles. The van der Waals surface area contributed by atoms with E-state index in [0.29, 0.717) is 5.92 Å². The molecule has 0 N–H and O–H groups in total. The van der Waals surface area contributed by atoms with Gasteiger partial charge in [0.25, 0.3) is 0 Å². The molecule has 0 unspecified atom stereocenters. The lowest BCUT2D eigenvalue weighted by molar-refractivity contribution is 0.427. The first-order chi connectivity index (χ1) is 7.86. The van der Waals surface area contributed by atoms with Crippen LogP contribution in [0.25, 0.3) is 5.52 Å². The van der Waals surface area contributed by atoms with Crippen molar-refractivity contribution < 1.29 is 0 Å². The molecule has 84 valence electrons. The quantitative estimate of drug-likeness (QED) is 0.799. The molecule has 3 rings (SSSR count). The Balaban J connectivity index is 2.08. The number of hydrogen-bond acceptors (Lipinski definition) is 2. The maximum absolute atomic E-state index is 4.65. The largest absolute Gasteiger partial charge is 0.286 e. The molecule has 4 heteroatoms. The summed E-state index contributed by atoms with van der Waals surface area (Å²) < 4.78 is 3.07. The summed E-state index contributed by atoms with van der Waals surface area (Å²) in [4.78, 5) is 8.84. The van der Waals surface area contributed by atoms with Gasteiger partial charge in [-0.05, 0) is 34.8 Å². The summed E-state index contributed by atoms with van der Waals surface area (Å²) in [5.41, 5.74) is 1.12. The molecule has 0 amide bonds. The number of halogens is 1. The second-order valence-electron chi connectivity index (χ2n) is 4.43. The third-order valence-electron chi connectivity index (χ3n) is 3.40. The molecule has 1 aliphatic rings. The first kappa shape index (κ1) is 10.3. The topological polar surface area (TPSA) is 30.2 Å². The zero-order valence-electron chi connectivity index (χ0n) is 9.06. The van der Waals surface area contributed by atoms with Gasteiger partial charge in [-0.2, -0.15) is 0 Å². The normalized spacial score (nSPS) is 18.1. The molecule has 16 heavy (non-hydrogen) atoms. The third kappa shape index (κ3) is 1.65. The molecular formula is C12H14BrN3. The number of nitrogens with zero attached hydrogens (tertiary/aromatic N) is 3. The maximum atomic E-state index is 4.65. The summed E-state index contributed by atoms with van der Waals surface area (Å²) in [6, 6.07) is 2.00. The fourth-order valence-corrected chi connectivity index (χ4v) is 3.08. The molecule has 0 aliphatic heterocycles. The summed E-state index contributed by atoms with van der Waals surface area (Å²) in [5.74, 6) is 1.78. The molecular weight excluding hydrogens is 266 g/mol. The van der Waals surface area contributed by atoms with Crippen LogP contribution in [-0.4, -0.2) is 14.4 Å². The van der Waals surface area contributed by atoms with Crippen molar-refractivity contribution in [3.63, 3.8) is 0 Å². The van der Waals surface area contributed by atoms with Crippen molar-refractivity contribution in [2.75, 3.05) is 0 Å². The molecule has 0 radical (unpaired) electrons. The van der Waals surface area contributed by atoms with E-state index in [1.807, 2.05) is 18.6 Å². The summed E-state index contributed by atoms with van der Waals surface area (Å²) in [5, 5.41) is 0. The van der Waals surface area contributed by atoms with E-state index in [-0.39, 0.29) is 0 Å². The molecule has 0 saturated heterocycles. The first-order valence-electron chi connectivity index (χ1n) is 5.84. The Hall–Kier alpha value is -0.900. The monoisotopic (exact) mass is 279 g/mol. The number of aromatic nitrogens is 3. The number of imidazole rings is 1. The molecule has 1 fully saturated rings. The molecule has 2 aromatic rings. The van der Waals surface area contributed by atoms with Crippen LogP contribution in [0.1, 0.15) is 43.8 Å². The SMILES string of the molecule is Brc1nc(C2CCCCC2)n2cnccc12. The van der Waals surface area contributed by atoms with Gasteiger partial charge >= 0.3 is 0 Å². The standard InChI is InChI=1S/C12H14BrN3/c13-11-10-6-7-14-8-16(10)12(15-11)9-4-2-1-3-5-9/h6-9H,1-5H2. The third-order valence-corrected chi connectivity index (χ3v) is 3.98. The fraction of sp³-hybridized carbons (Fsp3) is 0.500. The predicted molar refractivity (Wildman–Crippen MR) is 66.5 cm³/mol. The Morgan fingerprint density at radius 3 is 2.88 bits per heavy atom. The van der Waals surface area contributed by atoms with Gasteiger partial charge in [0.05, 0.1) is 5.52 Å². The smallest absolute Gasteiger partial charge is 0.132 e. The predicted octanol–water partition coefficient (Wildman–Crippen LogP) is 3.54. The van der Waals surface area contributed by atoms with E-state index >= 15 is 0 Å². The van der Waals surface area contributed by atoms with Crippen molar-refractivity contribution in [3.05, 3.63) is 29.0 Å². The highest BCUT2D eigenvalue weighted by Crippen LogP contribution is 2.33. The number of fused-ring (bicyclic) bond motifs is 1. The second-order valence-corrected chi connectivity index (χ2v) is 5.18. The summed E-state index contributed by atoms with van der Waals surface area (Å²) in [6.45, 7) is 0. The zero-order valence-corrected chi connectivity index (χ0v) is 10.7. The van der Waals surface area contributed by atoms with Crippen molar-refractivity contribution >= 4 is 21.4 Å². The van der Waals surface area contributed by atoms with Gasteiger partial charge in [0.2, 0.25) is 0 Å². The van der Waals surface area contributed by atoms with Crippen molar-refractivity contribution in [3.8, 4) is 0 Å². The highest BCUT2D eigenvalue weighted by atomic mass is 79.9. The lowest BCUT2D eigenvalue weighted by Gasteiger charge is -2.20. The minimum atomic E-state index is 0.608. The highest BCUT2D eigenvalue weighted by molar-refractivity contribution is 9.10. The van der Waals surface area contributed by atoms with Crippen LogP contribution in [0.2, 0.25) is 0 Å². The van der Waals surface area contributed by atoms with E-state index in [0.717, 1.165) is 10.1 Å². The summed E-state index contributed by atoms with van der Waals surface area (Å²) in [6.07, 6.45) is 10.2. The van der Waals surface area contributed by atoms with Crippen LogP contribution in [0.5, 0.6) is 0 Å². The Morgan fingerprint density at radius 1 is 1.25 bits per heavy atom. The molecule has 0 aromatic carbocycles. The number of rotatable bonds is 1. The average molecular weight is 280 g/mol. The van der Waals surface area contributed by atoms with Gasteiger partial charge in [-0.1, -0.05) is 19.3 Å².